The Hall–Kier alpha value is -1.49. The van der Waals surface area contributed by atoms with Crippen LogP contribution in [0.2, 0.25) is 0 Å². The van der Waals surface area contributed by atoms with Crippen LogP contribution in [0, 0.1) is 18.6 Å². The quantitative estimate of drug-likeness (QED) is 0.900. The number of halogens is 3. The van der Waals surface area contributed by atoms with E-state index in [0.29, 0.717) is 5.82 Å². The van der Waals surface area contributed by atoms with E-state index in [1.807, 2.05) is 13.0 Å². The van der Waals surface area contributed by atoms with Gasteiger partial charge in [0.25, 0.3) is 0 Å². The van der Waals surface area contributed by atoms with Gasteiger partial charge in [-0.3, -0.25) is 0 Å². The van der Waals surface area contributed by atoms with Crippen molar-refractivity contribution in [3.63, 3.8) is 0 Å². The average Bonchev–Trinajstić information content (AvgIpc) is 2.28. The van der Waals surface area contributed by atoms with Crippen molar-refractivity contribution in [3.8, 4) is 0 Å². The van der Waals surface area contributed by atoms with Crippen molar-refractivity contribution in [2.75, 3.05) is 5.32 Å². The maximum Gasteiger partial charge on any atom is 0.182 e. The van der Waals surface area contributed by atoms with Crippen molar-refractivity contribution < 1.29 is 8.78 Å². The van der Waals surface area contributed by atoms with Crippen LogP contribution in [-0.2, 0) is 0 Å². The zero-order valence-electron chi connectivity index (χ0n) is 8.97. The average molecular weight is 299 g/mol. The first-order chi connectivity index (χ1) is 8.08. The van der Waals surface area contributed by atoms with E-state index in [1.165, 1.54) is 12.1 Å². The van der Waals surface area contributed by atoms with Gasteiger partial charge < -0.3 is 5.32 Å². The Labute approximate surface area is 106 Å². The van der Waals surface area contributed by atoms with Crippen LogP contribution in [0.4, 0.5) is 20.3 Å². The molecule has 1 heterocycles. The van der Waals surface area contributed by atoms with Crippen molar-refractivity contribution in [1.82, 2.24) is 4.98 Å². The minimum Gasteiger partial charge on any atom is -0.338 e. The first kappa shape index (κ1) is 12.0. The molecule has 0 unspecified atom stereocenters. The van der Waals surface area contributed by atoms with Gasteiger partial charge in [-0.05, 0) is 46.6 Å². The Bertz CT molecular complexity index is 558. The van der Waals surface area contributed by atoms with Crippen LogP contribution in [0.1, 0.15) is 5.56 Å². The Morgan fingerprint density at radius 1 is 1.29 bits per heavy atom. The second-order valence-corrected chi connectivity index (χ2v) is 4.46. The van der Waals surface area contributed by atoms with E-state index in [1.54, 1.807) is 6.20 Å². The minimum atomic E-state index is -0.906. The van der Waals surface area contributed by atoms with Crippen LogP contribution in [0.15, 0.2) is 34.9 Å². The monoisotopic (exact) mass is 298 g/mol. The van der Waals surface area contributed by atoms with Gasteiger partial charge >= 0.3 is 0 Å². The summed E-state index contributed by atoms with van der Waals surface area (Å²) in [5.74, 6) is -1.29. The molecule has 0 radical (unpaired) electrons. The molecule has 88 valence electrons. The molecule has 2 aromatic rings. The SMILES string of the molecule is Cc1cc(Br)cnc1Nc1cccc(F)c1F. The first-order valence-electron chi connectivity index (χ1n) is 4.91. The predicted molar refractivity (Wildman–Crippen MR) is 66.3 cm³/mol. The Morgan fingerprint density at radius 3 is 2.76 bits per heavy atom. The topological polar surface area (TPSA) is 24.9 Å². The molecule has 0 aliphatic heterocycles. The van der Waals surface area contributed by atoms with Gasteiger partial charge in [-0.1, -0.05) is 6.07 Å². The molecule has 1 aromatic carbocycles. The lowest BCUT2D eigenvalue weighted by Gasteiger charge is -2.09. The number of pyridine rings is 1. The molecule has 2 nitrogen and oxygen atoms in total. The number of anilines is 2. The molecule has 0 bridgehead atoms. The van der Waals surface area contributed by atoms with Gasteiger partial charge in [0.05, 0.1) is 5.69 Å². The number of aryl methyl sites for hydroxylation is 1. The number of hydrogen-bond acceptors (Lipinski definition) is 2. The molecular formula is C12H9BrF2N2. The number of aromatic nitrogens is 1. The lowest BCUT2D eigenvalue weighted by Crippen LogP contribution is -1.99. The van der Waals surface area contributed by atoms with Crippen molar-refractivity contribution in [2.24, 2.45) is 0 Å². The number of hydrogen-bond donors (Lipinski definition) is 1. The highest BCUT2D eigenvalue weighted by atomic mass is 79.9. The smallest absolute Gasteiger partial charge is 0.182 e. The molecule has 0 fully saturated rings. The summed E-state index contributed by atoms with van der Waals surface area (Å²) >= 11 is 3.28. The molecule has 0 aliphatic rings. The van der Waals surface area contributed by atoms with E-state index in [4.69, 9.17) is 0 Å². The molecule has 5 heteroatoms. The van der Waals surface area contributed by atoms with Crippen molar-refractivity contribution in [2.45, 2.75) is 6.92 Å². The van der Waals surface area contributed by atoms with Gasteiger partial charge in [0.2, 0.25) is 0 Å². The van der Waals surface area contributed by atoms with E-state index in [9.17, 15) is 8.78 Å². The van der Waals surface area contributed by atoms with Gasteiger partial charge in [-0.2, -0.15) is 0 Å². The fourth-order valence-electron chi connectivity index (χ4n) is 1.40. The molecular weight excluding hydrogens is 290 g/mol. The van der Waals surface area contributed by atoms with Gasteiger partial charge in [0.1, 0.15) is 5.82 Å². The summed E-state index contributed by atoms with van der Waals surface area (Å²) in [5, 5.41) is 2.76. The standard InChI is InChI=1S/C12H9BrF2N2/c1-7-5-8(13)6-16-12(7)17-10-4-2-3-9(14)11(10)15/h2-6H,1H3,(H,16,17). The van der Waals surface area contributed by atoms with Crippen LogP contribution >= 0.6 is 15.9 Å². The highest BCUT2D eigenvalue weighted by Gasteiger charge is 2.09. The van der Waals surface area contributed by atoms with Gasteiger partial charge in [0, 0.05) is 10.7 Å². The lowest BCUT2D eigenvalue weighted by molar-refractivity contribution is 0.511. The van der Waals surface area contributed by atoms with Crippen LogP contribution in [0.3, 0.4) is 0 Å². The molecule has 0 saturated carbocycles. The molecule has 17 heavy (non-hydrogen) atoms. The minimum absolute atomic E-state index is 0.0722. The maximum atomic E-state index is 13.4. The summed E-state index contributed by atoms with van der Waals surface area (Å²) < 4.78 is 27.3. The van der Waals surface area contributed by atoms with E-state index < -0.39 is 11.6 Å². The maximum absolute atomic E-state index is 13.4. The van der Waals surface area contributed by atoms with Gasteiger partial charge in [0.15, 0.2) is 11.6 Å². The molecule has 0 amide bonds. The van der Waals surface area contributed by atoms with Crippen molar-refractivity contribution in [3.05, 3.63) is 52.1 Å². The molecule has 0 saturated heterocycles. The summed E-state index contributed by atoms with van der Waals surface area (Å²) in [5.41, 5.74) is 0.908. The van der Waals surface area contributed by atoms with Gasteiger partial charge in [-0.25, -0.2) is 13.8 Å². The summed E-state index contributed by atoms with van der Waals surface area (Å²) in [6, 6.07) is 5.81. The summed E-state index contributed by atoms with van der Waals surface area (Å²) in [6.07, 6.45) is 1.59. The summed E-state index contributed by atoms with van der Waals surface area (Å²) in [6.45, 7) is 1.83. The van der Waals surface area contributed by atoms with Gasteiger partial charge in [-0.15, -0.1) is 0 Å². The third-order valence-corrected chi connectivity index (χ3v) is 2.68. The highest BCUT2D eigenvalue weighted by Crippen LogP contribution is 2.23. The number of rotatable bonds is 2. The molecule has 0 spiro atoms. The summed E-state index contributed by atoms with van der Waals surface area (Å²) in [4.78, 5) is 4.10. The number of nitrogens with zero attached hydrogens (tertiary/aromatic N) is 1. The molecule has 2 rings (SSSR count). The van der Waals surface area contributed by atoms with Crippen molar-refractivity contribution in [1.29, 1.82) is 0 Å². The number of benzene rings is 1. The molecule has 0 aliphatic carbocycles. The zero-order valence-corrected chi connectivity index (χ0v) is 10.6. The van der Waals surface area contributed by atoms with Crippen LogP contribution < -0.4 is 5.32 Å². The largest absolute Gasteiger partial charge is 0.338 e. The van der Waals surface area contributed by atoms with E-state index in [2.05, 4.69) is 26.2 Å². The normalized spacial score (nSPS) is 10.4. The lowest BCUT2D eigenvalue weighted by atomic mass is 10.2. The van der Waals surface area contributed by atoms with E-state index in [-0.39, 0.29) is 5.69 Å². The molecule has 0 atom stereocenters. The zero-order chi connectivity index (χ0) is 12.4. The fraction of sp³-hybridized carbons (Fsp3) is 0.0833. The first-order valence-corrected chi connectivity index (χ1v) is 5.70. The number of nitrogens with one attached hydrogen (secondary N) is 1. The Kier molecular flexibility index (Phi) is 3.38. The van der Waals surface area contributed by atoms with Crippen LogP contribution in [0.5, 0.6) is 0 Å². The fourth-order valence-corrected chi connectivity index (χ4v) is 1.85. The third kappa shape index (κ3) is 2.61. The predicted octanol–water partition coefficient (Wildman–Crippen LogP) is 4.17. The second kappa shape index (κ2) is 4.79. The summed E-state index contributed by atoms with van der Waals surface area (Å²) in [7, 11) is 0. The molecule has 1 N–H and O–H groups in total. The highest BCUT2D eigenvalue weighted by molar-refractivity contribution is 9.10. The third-order valence-electron chi connectivity index (χ3n) is 2.25. The Balaban J connectivity index is 2.35. The van der Waals surface area contributed by atoms with Crippen LogP contribution in [0.25, 0.3) is 0 Å². The Morgan fingerprint density at radius 2 is 2.06 bits per heavy atom. The second-order valence-electron chi connectivity index (χ2n) is 3.55. The van der Waals surface area contributed by atoms with E-state index in [0.717, 1.165) is 16.1 Å². The van der Waals surface area contributed by atoms with E-state index >= 15 is 0 Å². The van der Waals surface area contributed by atoms with Crippen LogP contribution in [-0.4, -0.2) is 4.98 Å². The van der Waals surface area contributed by atoms with Crippen molar-refractivity contribution >= 4 is 27.4 Å². The molecule has 1 aromatic heterocycles.